The predicted molar refractivity (Wildman–Crippen MR) is 96.9 cm³/mol. The van der Waals surface area contributed by atoms with Crippen LogP contribution >= 0.6 is 0 Å². The van der Waals surface area contributed by atoms with Crippen molar-refractivity contribution in [3.63, 3.8) is 0 Å². The first-order valence-corrected chi connectivity index (χ1v) is 8.08. The van der Waals surface area contributed by atoms with E-state index >= 15 is 0 Å². The molecule has 1 heterocycles. The molecule has 2 aromatic carbocycles. The summed E-state index contributed by atoms with van der Waals surface area (Å²) in [5, 5.41) is 0. The molecule has 0 bridgehead atoms. The van der Waals surface area contributed by atoms with Crippen molar-refractivity contribution in [2.75, 3.05) is 21.3 Å². The fourth-order valence-electron chi connectivity index (χ4n) is 2.96. The van der Waals surface area contributed by atoms with Crippen LogP contribution in [0.5, 0.6) is 17.2 Å². The van der Waals surface area contributed by atoms with Crippen molar-refractivity contribution in [1.82, 2.24) is 0 Å². The zero-order valence-corrected chi connectivity index (χ0v) is 14.9. The molecular weight excluding hydrogens is 316 g/mol. The summed E-state index contributed by atoms with van der Waals surface area (Å²) in [7, 11) is 4.94. The maximum absolute atomic E-state index is 5.94. The van der Waals surface area contributed by atoms with Gasteiger partial charge in [0.05, 0.1) is 27.2 Å². The summed E-state index contributed by atoms with van der Waals surface area (Å²) >= 11 is 0. The molecule has 25 heavy (non-hydrogen) atoms. The summed E-state index contributed by atoms with van der Waals surface area (Å²) in [5.74, 6) is 3.95. The lowest BCUT2D eigenvalue weighted by Gasteiger charge is -2.18. The van der Waals surface area contributed by atoms with Crippen LogP contribution in [0.1, 0.15) is 28.6 Å². The fourth-order valence-corrected chi connectivity index (χ4v) is 2.96. The molecule has 0 saturated carbocycles. The van der Waals surface area contributed by atoms with E-state index in [0.717, 1.165) is 28.4 Å². The molecule has 0 aliphatic heterocycles. The van der Waals surface area contributed by atoms with Crippen LogP contribution in [-0.4, -0.2) is 21.3 Å². The molecule has 0 spiro atoms. The van der Waals surface area contributed by atoms with Gasteiger partial charge in [-0.25, -0.2) is 0 Å². The molecule has 0 aliphatic rings. The Kier molecular flexibility index (Phi) is 4.98. The average Bonchev–Trinajstić information content (AvgIpc) is 3.08. The van der Waals surface area contributed by atoms with E-state index in [9.17, 15) is 0 Å². The molecule has 130 valence electrons. The molecule has 3 rings (SSSR count). The zero-order valence-electron chi connectivity index (χ0n) is 14.9. The summed E-state index contributed by atoms with van der Waals surface area (Å²) in [4.78, 5) is 0. The van der Waals surface area contributed by atoms with E-state index in [1.54, 1.807) is 21.3 Å². The predicted octanol–water partition coefficient (Wildman–Crippen LogP) is 4.79. The van der Waals surface area contributed by atoms with Crippen LogP contribution in [0.4, 0.5) is 0 Å². The second-order valence-electron chi connectivity index (χ2n) is 5.77. The van der Waals surface area contributed by atoms with Crippen molar-refractivity contribution in [3.05, 3.63) is 77.2 Å². The summed E-state index contributed by atoms with van der Waals surface area (Å²) in [6.45, 7) is 1.95. The van der Waals surface area contributed by atoms with Gasteiger partial charge in [-0.3, -0.25) is 0 Å². The Morgan fingerprint density at radius 1 is 0.720 bits per heavy atom. The van der Waals surface area contributed by atoms with Gasteiger partial charge >= 0.3 is 0 Å². The monoisotopic (exact) mass is 338 g/mol. The highest BCUT2D eigenvalue weighted by atomic mass is 16.5. The van der Waals surface area contributed by atoms with Gasteiger partial charge in [0, 0.05) is 0 Å². The Bertz CT molecular complexity index is 833. The SMILES string of the molecule is COc1ccc([C@H](c2ccc(OC)c(OC)c2)c2ccc(C)o2)cc1. The lowest BCUT2D eigenvalue weighted by molar-refractivity contribution is 0.354. The Balaban J connectivity index is 2.10. The van der Waals surface area contributed by atoms with Gasteiger partial charge in [-0.15, -0.1) is 0 Å². The van der Waals surface area contributed by atoms with Crippen molar-refractivity contribution >= 4 is 0 Å². The van der Waals surface area contributed by atoms with Crippen LogP contribution in [0.25, 0.3) is 0 Å². The number of furan rings is 1. The van der Waals surface area contributed by atoms with Gasteiger partial charge in [-0.2, -0.15) is 0 Å². The van der Waals surface area contributed by atoms with E-state index in [2.05, 4.69) is 12.1 Å². The Morgan fingerprint density at radius 3 is 1.96 bits per heavy atom. The number of methoxy groups -OCH3 is 3. The number of rotatable bonds is 6. The Hall–Kier alpha value is -2.88. The molecule has 3 aromatic rings. The van der Waals surface area contributed by atoms with Gasteiger partial charge in [0.2, 0.25) is 0 Å². The maximum atomic E-state index is 5.94. The standard InChI is InChI=1S/C21H22O4/c1-14-5-11-19(25-14)21(15-6-9-17(22-2)10-7-15)16-8-12-18(23-3)20(13-16)24-4/h5-13,21H,1-4H3/t21-/m1/s1. The molecular formula is C21H22O4. The Morgan fingerprint density at radius 2 is 1.40 bits per heavy atom. The molecule has 0 saturated heterocycles. The maximum Gasteiger partial charge on any atom is 0.161 e. The summed E-state index contributed by atoms with van der Waals surface area (Å²) in [6.07, 6.45) is 0. The van der Waals surface area contributed by atoms with E-state index in [1.165, 1.54) is 0 Å². The lowest BCUT2D eigenvalue weighted by Crippen LogP contribution is -2.03. The van der Waals surface area contributed by atoms with Crippen LogP contribution in [0.2, 0.25) is 0 Å². The van der Waals surface area contributed by atoms with E-state index in [-0.39, 0.29) is 5.92 Å². The van der Waals surface area contributed by atoms with Gasteiger partial charge < -0.3 is 18.6 Å². The highest BCUT2D eigenvalue weighted by Crippen LogP contribution is 2.38. The van der Waals surface area contributed by atoms with Gasteiger partial charge in [0.15, 0.2) is 11.5 Å². The summed E-state index contributed by atoms with van der Waals surface area (Å²) < 4.78 is 22.0. The van der Waals surface area contributed by atoms with Gasteiger partial charge in [-0.1, -0.05) is 18.2 Å². The number of aryl methyl sites for hydroxylation is 1. The number of benzene rings is 2. The number of hydrogen-bond acceptors (Lipinski definition) is 4. The molecule has 0 amide bonds. The highest BCUT2D eigenvalue weighted by molar-refractivity contribution is 5.49. The van der Waals surface area contributed by atoms with E-state index in [1.807, 2.05) is 49.4 Å². The molecule has 4 nitrogen and oxygen atoms in total. The second-order valence-corrected chi connectivity index (χ2v) is 5.77. The van der Waals surface area contributed by atoms with Gasteiger partial charge in [0.25, 0.3) is 0 Å². The molecule has 0 unspecified atom stereocenters. The van der Waals surface area contributed by atoms with Crippen molar-refractivity contribution in [3.8, 4) is 17.2 Å². The highest BCUT2D eigenvalue weighted by Gasteiger charge is 2.21. The Labute approximate surface area is 148 Å². The minimum absolute atomic E-state index is 0.0422. The fraction of sp³-hybridized carbons (Fsp3) is 0.238. The number of hydrogen-bond donors (Lipinski definition) is 0. The van der Waals surface area contributed by atoms with Crippen molar-refractivity contribution in [2.24, 2.45) is 0 Å². The third kappa shape index (κ3) is 3.48. The smallest absolute Gasteiger partial charge is 0.161 e. The van der Waals surface area contributed by atoms with Crippen LogP contribution < -0.4 is 14.2 Å². The van der Waals surface area contributed by atoms with E-state index in [4.69, 9.17) is 18.6 Å². The van der Waals surface area contributed by atoms with Crippen molar-refractivity contribution in [1.29, 1.82) is 0 Å². The normalized spacial score (nSPS) is 11.8. The van der Waals surface area contributed by atoms with E-state index < -0.39 is 0 Å². The zero-order chi connectivity index (χ0) is 17.8. The summed E-state index contributed by atoms with van der Waals surface area (Å²) in [5.41, 5.74) is 2.18. The van der Waals surface area contributed by atoms with Crippen molar-refractivity contribution < 1.29 is 18.6 Å². The number of ether oxygens (including phenoxy) is 3. The van der Waals surface area contributed by atoms with Crippen LogP contribution in [0.3, 0.4) is 0 Å². The summed E-state index contributed by atoms with van der Waals surface area (Å²) in [6, 6.07) is 18.0. The third-order valence-electron chi connectivity index (χ3n) is 4.24. The molecule has 1 atom stereocenters. The molecule has 0 fully saturated rings. The largest absolute Gasteiger partial charge is 0.497 e. The topological polar surface area (TPSA) is 40.8 Å². The molecule has 0 radical (unpaired) electrons. The molecule has 1 aromatic heterocycles. The molecule has 0 aliphatic carbocycles. The second kappa shape index (κ2) is 7.34. The minimum Gasteiger partial charge on any atom is -0.497 e. The average molecular weight is 338 g/mol. The van der Waals surface area contributed by atoms with Crippen LogP contribution in [0.15, 0.2) is 59.0 Å². The van der Waals surface area contributed by atoms with Crippen molar-refractivity contribution in [2.45, 2.75) is 12.8 Å². The first-order chi connectivity index (χ1) is 12.2. The van der Waals surface area contributed by atoms with Gasteiger partial charge in [0.1, 0.15) is 17.3 Å². The van der Waals surface area contributed by atoms with E-state index in [0.29, 0.717) is 11.5 Å². The minimum atomic E-state index is -0.0422. The molecule has 0 N–H and O–H groups in total. The quantitative estimate of drug-likeness (QED) is 0.648. The third-order valence-corrected chi connectivity index (χ3v) is 4.24. The first-order valence-electron chi connectivity index (χ1n) is 8.08. The van der Waals surface area contributed by atoms with Gasteiger partial charge in [-0.05, 0) is 54.4 Å². The van der Waals surface area contributed by atoms with Crippen LogP contribution in [-0.2, 0) is 0 Å². The van der Waals surface area contributed by atoms with Crippen LogP contribution in [0, 0.1) is 6.92 Å². The lowest BCUT2D eigenvalue weighted by atomic mass is 9.89. The molecule has 4 heteroatoms. The first kappa shape index (κ1) is 17.0.